The normalized spacial score (nSPS) is 11.6. The molecule has 0 spiro atoms. The number of carbonyl (C=O) groups excluding carboxylic acids is 3. The van der Waals surface area contributed by atoms with Crippen molar-refractivity contribution in [3.8, 4) is 0 Å². The number of benzene rings is 2. The largest absolute Gasteiger partial charge is 0.465 e. The minimum atomic E-state index is -0.686. The summed E-state index contributed by atoms with van der Waals surface area (Å²) in [4.78, 5) is 36.7. The van der Waals surface area contributed by atoms with E-state index in [0.29, 0.717) is 17.0 Å². The number of furan rings is 1. The Labute approximate surface area is 179 Å². The van der Waals surface area contributed by atoms with Crippen molar-refractivity contribution < 1.29 is 23.5 Å². The van der Waals surface area contributed by atoms with Crippen LogP contribution in [0.4, 0.5) is 5.69 Å². The summed E-state index contributed by atoms with van der Waals surface area (Å²) < 4.78 is 9.98. The number of carbonyl (C=O) groups is 3. The van der Waals surface area contributed by atoms with Gasteiger partial charge in [-0.25, -0.2) is 4.79 Å². The Bertz CT molecular complexity index is 1060. The highest BCUT2D eigenvalue weighted by molar-refractivity contribution is 6.04. The maximum absolute atomic E-state index is 12.7. The third kappa shape index (κ3) is 6.43. The molecule has 0 aliphatic rings. The molecule has 7 nitrogen and oxygen atoms in total. The van der Waals surface area contributed by atoms with Crippen molar-refractivity contribution in [3.63, 3.8) is 0 Å². The molecule has 0 saturated heterocycles. The summed E-state index contributed by atoms with van der Waals surface area (Å²) in [7, 11) is 0. The van der Waals surface area contributed by atoms with Gasteiger partial charge in [0.1, 0.15) is 5.76 Å². The summed E-state index contributed by atoms with van der Waals surface area (Å²) in [6, 6.07) is 19.3. The first-order valence-electron chi connectivity index (χ1n) is 9.66. The van der Waals surface area contributed by atoms with Crippen LogP contribution in [0.1, 0.15) is 34.6 Å². The van der Waals surface area contributed by atoms with Gasteiger partial charge in [-0.05, 0) is 42.8 Å². The molecule has 0 saturated carbocycles. The lowest BCUT2D eigenvalue weighted by molar-refractivity contribution is -0.142. The van der Waals surface area contributed by atoms with Gasteiger partial charge in [-0.1, -0.05) is 42.5 Å². The molecule has 7 heteroatoms. The minimum Gasteiger partial charge on any atom is -0.465 e. The molecule has 31 heavy (non-hydrogen) atoms. The maximum Gasteiger partial charge on any atom is 0.331 e. The van der Waals surface area contributed by atoms with E-state index in [4.69, 9.17) is 9.15 Å². The standard InChI is InChI=1S/C24H22N2O5/c1-17(18-8-3-2-4-9-18)25-24(29)20-11-5-6-12-21(20)26-22(27)16-31-23(28)14-13-19-10-7-15-30-19/h2-15,17H,16H2,1H3,(H,25,29)(H,26,27)/b14-13+. The average molecular weight is 418 g/mol. The highest BCUT2D eigenvalue weighted by atomic mass is 16.5. The van der Waals surface area contributed by atoms with Crippen LogP contribution in [0.3, 0.4) is 0 Å². The molecule has 3 rings (SSSR count). The van der Waals surface area contributed by atoms with E-state index in [9.17, 15) is 14.4 Å². The van der Waals surface area contributed by atoms with Crippen LogP contribution in [0.15, 0.2) is 83.5 Å². The number of esters is 1. The molecule has 1 aromatic heterocycles. The van der Waals surface area contributed by atoms with Crippen LogP contribution in [0.25, 0.3) is 6.08 Å². The van der Waals surface area contributed by atoms with Crippen molar-refractivity contribution in [1.82, 2.24) is 5.32 Å². The van der Waals surface area contributed by atoms with Crippen molar-refractivity contribution in [1.29, 1.82) is 0 Å². The first kappa shape index (κ1) is 21.6. The SMILES string of the molecule is CC(NC(=O)c1ccccc1NC(=O)COC(=O)/C=C/c1ccco1)c1ccccc1. The van der Waals surface area contributed by atoms with Crippen molar-refractivity contribution >= 4 is 29.5 Å². The van der Waals surface area contributed by atoms with E-state index in [0.717, 1.165) is 5.56 Å². The topological polar surface area (TPSA) is 97.6 Å². The summed E-state index contributed by atoms with van der Waals surface area (Å²) in [6.45, 7) is 1.39. The van der Waals surface area contributed by atoms with E-state index >= 15 is 0 Å². The monoisotopic (exact) mass is 418 g/mol. The number of anilines is 1. The van der Waals surface area contributed by atoms with Crippen LogP contribution < -0.4 is 10.6 Å². The van der Waals surface area contributed by atoms with Crippen LogP contribution >= 0.6 is 0 Å². The fourth-order valence-corrected chi connectivity index (χ4v) is 2.80. The summed E-state index contributed by atoms with van der Waals surface area (Å²) in [6.07, 6.45) is 4.08. The van der Waals surface area contributed by atoms with Crippen LogP contribution in [-0.2, 0) is 14.3 Å². The van der Waals surface area contributed by atoms with Crippen molar-refractivity contribution in [2.24, 2.45) is 0 Å². The Balaban J connectivity index is 1.56. The molecule has 2 amide bonds. The zero-order valence-corrected chi connectivity index (χ0v) is 16.9. The van der Waals surface area contributed by atoms with Gasteiger partial charge in [0.15, 0.2) is 6.61 Å². The van der Waals surface area contributed by atoms with Crippen LogP contribution in [0, 0.1) is 0 Å². The second kappa shape index (κ2) is 10.6. The Hall–Kier alpha value is -4.13. The number of ether oxygens (including phenoxy) is 1. The van der Waals surface area contributed by atoms with Gasteiger partial charge in [-0.3, -0.25) is 9.59 Å². The van der Waals surface area contributed by atoms with E-state index in [1.165, 1.54) is 18.4 Å². The molecule has 158 valence electrons. The highest BCUT2D eigenvalue weighted by Gasteiger charge is 2.16. The summed E-state index contributed by atoms with van der Waals surface area (Å²) in [5, 5.41) is 5.52. The van der Waals surface area contributed by atoms with Gasteiger partial charge in [-0.2, -0.15) is 0 Å². The van der Waals surface area contributed by atoms with Gasteiger partial charge in [-0.15, -0.1) is 0 Å². The minimum absolute atomic E-state index is 0.209. The Morgan fingerprint density at radius 2 is 1.74 bits per heavy atom. The van der Waals surface area contributed by atoms with Gasteiger partial charge >= 0.3 is 5.97 Å². The summed E-state index contributed by atoms with van der Waals surface area (Å²) in [5.74, 6) is -1.08. The molecule has 0 bridgehead atoms. The molecular weight excluding hydrogens is 396 g/mol. The van der Waals surface area contributed by atoms with E-state index < -0.39 is 18.5 Å². The Kier molecular flexibility index (Phi) is 7.37. The molecule has 3 aromatic rings. The van der Waals surface area contributed by atoms with Gasteiger partial charge in [0.05, 0.1) is 23.6 Å². The Morgan fingerprint density at radius 1 is 1.00 bits per heavy atom. The van der Waals surface area contributed by atoms with Gasteiger partial charge in [0.25, 0.3) is 11.8 Å². The first-order valence-corrected chi connectivity index (χ1v) is 9.66. The molecule has 2 aromatic carbocycles. The van der Waals surface area contributed by atoms with Crippen LogP contribution in [-0.4, -0.2) is 24.4 Å². The predicted octanol–water partition coefficient (Wildman–Crippen LogP) is 3.97. The fourth-order valence-electron chi connectivity index (χ4n) is 2.80. The second-order valence-corrected chi connectivity index (χ2v) is 6.66. The van der Waals surface area contributed by atoms with Crippen LogP contribution in [0.2, 0.25) is 0 Å². The van der Waals surface area contributed by atoms with E-state index in [1.54, 1.807) is 36.4 Å². The summed E-state index contributed by atoms with van der Waals surface area (Å²) >= 11 is 0. The fraction of sp³-hybridized carbons (Fsp3) is 0.125. The van der Waals surface area contributed by atoms with E-state index in [-0.39, 0.29) is 11.9 Å². The number of amides is 2. The molecular formula is C24H22N2O5. The number of hydrogen-bond donors (Lipinski definition) is 2. The maximum atomic E-state index is 12.7. The first-order chi connectivity index (χ1) is 15.0. The molecule has 1 heterocycles. The number of para-hydroxylation sites is 1. The van der Waals surface area contributed by atoms with Gasteiger partial charge < -0.3 is 19.8 Å². The molecule has 0 aliphatic heterocycles. The van der Waals surface area contributed by atoms with Crippen molar-refractivity contribution in [2.45, 2.75) is 13.0 Å². The molecule has 2 N–H and O–H groups in total. The number of rotatable bonds is 8. The molecule has 1 unspecified atom stereocenters. The average Bonchev–Trinajstić information content (AvgIpc) is 3.31. The van der Waals surface area contributed by atoms with Gasteiger partial charge in [0, 0.05) is 6.08 Å². The number of nitrogens with one attached hydrogen (secondary N) is 2. The van der Waals surface area contributed by atoms with E-state index in [1.807, 2.05) is 37.3 Å². The molecule has 1 atom stereocenters. The van der Waals surface area contributed by atoms with Crippen molar-refractivity contribution in [3.05, 3.63) is 96.0 Å². The van der Waals surface area contributed by atoms with Gasteiger partial charge in [0.2, 0.25) is 0 Å². The van der Waals surface area contributed by atoms with E-state index in [2.05, 4.69) is 10.6 Å². The smallest absolute Gasteiger partial charge is 0.331 e. The zero-order chi connectivity index (χ0) is 22.1. The lowest BCUT2D eigenvalue weighted by Crippen LogP contribution is -2.28. The molecule has 0 aliphatic carbocycles. The quantitative estimate of drug-likeness (QED) is 0.426. The Morgan fingerprint density at radius 3 is 2.48 bits per heavy atom. The molecule has 0 fully saturated rings. The number of hydrogen-bond acceptors (Lipinski definition) is 5. The van der Waals surface area contributed by atoms with Crippen LogP contribution in [0.5, 0.6) is 0 Å². The lowest BCUT2D eigenvalue weighted by Gasteiger charge is -2.16. The lowest BCUT2D eigenvalue weighted by atomic mass is 10.1. The summed E-state index contributed by atoms with van der Waals surface area (Å²) in [5.41, 5.74) is 1.60. The second-order valence-electron chi connectivity index (χ2n) is 6.66. The third-order valence-corrected chi connectivity index (χ3v) is 4.37. The zero-order valence-electron chi connectivity index (χ0n) is 16.9. The highest BCUT2D eigenvalue weighted by Crippen LogP contribution is 2.18. The third-order valence-electron chi connectivity index (χ3n) is 4.37. The van der Waals surface area contributed by atoms with Crippen molar-refractivity contribution in [2.75, 3.05) is 11.9 Å². The molecule has 0 radical (unpaired) electrons. The predicted molar refractivity (Wildman–Crippen MR) is 116 cm³/mol.